The Morgan fingerprint density at radius 2 is 1.72 bits per heavy atom. The van der Waals surface area contributed by atoms with Gasteiger partial charge in [-0.05, 0) is 76.1 Å². The smallest absolute Gasteiger partial charge is 0.341 e. The molecule has 0 amide bonds. The molecule has 1 N–H and O–H groups in total. The van der Waals surface area contributed by atoms with Gasteiger partial charge in [-0.2, -0.15) is 0 Å². The maximum atomic E-state index is 14.0. The van der Waals surface area contributed by atoms with Crippen LogP contribution in [0.3, 0.4) is 0 Å². The van der Waals surface area contributed by atoms with Crippen molar-refractivity contribution in [2.75, 3.05) is 29.4 Å². The number of carbonyl (C=O) groups is 2. The monoisotopic (exact) mass is 712 g/mol. The fourth-order valence-corrected chi connectivity index (χ4v) is 9.51. The summed E-state index contributed by atoms with van der Waals surface area (Å²) >= 11 is 27.1. The lowest BCUT2D eigenvalue weighted by Gasteiger charge is -2.48. The Morgan fingerprint density at radius 1 is 0.979 bits per heavy atom. The van der Waals surface area contributed by atoms with Crippen LogP contribution in [0, 0.1) is 0 Å². The summed E-state index contributed by atoms with van der Waals surface area (Å²) in [5.41, 5.74) is 6.45. The van der Waals surface area contributed by atoms with Crippen molar-refractivity contribution in [1.29, 1.82) is 0 Å². The molecule has 0 saturated heterocycles. The van der Waals surface area contributed by atoms with Crippen LogP contribution in [0.15, 0.2) is 24.3 Å². The van der Waals surface area contributed by atoms with Crippen molar-refractivity contribution in [3.05, 3.63) is 83.3 Å². The normalized spacial score (nSPS) is 21.3. The maximum absolute atomic E-state index is 14.0. The van der Waals surface area contributed by atoms with Gasteiger partial charge in [0.05, 0.1) is 36.9 Å². The van der Waals surface area contributed by atoms with E-state index in [1.165, 1.54) is 0 Å². The summed E-state index contributed by atoms with van der Waals surface area (Å²) < 4.78 is 13.6. The Labute approximate surface area is 292 Å². The molecule has 5 aliphatic rings. The molecule has 1 spiro atoms. The third-order valence-corrected chi connectivity index (χ3v) is 12.2. The molecule has 3 aromatic rings. The molecule has 7 nitrogen and oxygen atoms in total. The number of aliphatic carboxylic acids is 1. The predicted molar refractivity (Wildman–Crippen MR) is 186 cm³/mol. The van der Waals surface area contributed by atoms with Gasteiger partial charge >= 0.3 is 11.9 Å². The molecule has 5 aliphatic heterocycles. The lowest BCUT2D eigenvalue weighted by Crippen LogP contribution is -2.48. The van der Waals surface area contributed by atoms with Crippen molar-refractivity contribution < 1.29 is 24.2 Å². The molecule has 0 bridgehead atoms. The number of anilines is 2. The first-order chi connectivity index (χ1) is 22.3. The Balaban J connectivity index is 1.44. The second-order valence-corrected chi connectivity index (χ2v) is 15.1. The Bertz CT molecular complexity index is 1990. The van der Waals surface area contributed by atoms with Gasteiger partial charge in [-0.25, -0.2) is 4.79 Å². The fourth-order valence-electron chi connectivity index (χ4n) is 8.45. The van der Waals surface area contributed by atoms with E-state index in [1.54, 1.807) is 0 Å². The number of hydrogen-bond acceptors (Lipinski definition) is 6. The zero-order chi connectivity index (χ0) is 33.2. The first kappa shape index (κ1) is 31.2. The highest BCUT2D eigenvalue weighted by Gasteiger charge is 2.58. The molecular formula is C36H32Cl4N2O5. The van der Waals surface area contributed by atoms with E-state index in [1.807, 2.05) is 6.07 Å². The summed E-state index contributed by atoms with van der Waals surface area (Å²) in [6, 6.07) is 6.15. The molecule has 8 rings (SSSR count). The van der Waals surface area contributed by atoms with Crippen LogP contribution in [-0.2, 0) is 28.0 Å². The number of carboxylic acid groups (broad SMARTS) is 1. The quantitative estimate of drug-likeness (QED) is 0.164. The SMILES string of the molecule is CC1=CC(C)(C)N2CCCc3c4c(cc1c32)C1(OC(=O)c2c(Cl)c(Cl)c(Cl)c(Cl)c21)c1cc2c(cc1O4)N(CCCC(=O)O)CCC2. The molecule has 0 aliphatic carbocycles. The molecule has 0 fully saturated rings. The van der Waals surface area contributed by atoms with Crippen molar-refractivity contribution in [2.24, 2.45) is 0 Å². The highest BCUT2D eigenvalue weighted by atomic mass is 35.5. The summed E-state index contributed by atoms with van der Waals surface area (Å²) in [5, 5.41) is 9.42. The summed E-state index contributed by atoms with van der Waals surface area (Å²) in [7, 11) is 0. The second-order valence-electron chi connectivity index (χ2n) is 13.6. The van der Waals surface area contributed by atoms with E-state index in [4.69, 9.17) is 55.9 Å². The molecule has 5 heterocycles. The minimum absolute atomic E-state index is 0.00148. The fraction of sp³-hybridized carbons (Fsp3) is 0.389. The van der Waals surface area contributed by atoms with E-state index in [2.05, 4.69) is 48.8 Å². The maximum Gasteiger partial charge on any atom is 0.341 e. The number of benzene rings is 3. The van der Waals surface area contributed by atoms with E-state index in [-0.39, 0.29) is 37.6 Å². The summed E-state index contributed by atoms with van der Waals surface area (Å²) in [6.45, 7) is 8.86. The molecular weight excluding hydrogens is 682 g/mol. The minimum atomic E-state index is -1.51. The number of esters is 1. The molecule has 0 saturated carbocycles. The molecule has 11 heteroatoms. The average molecular weight is 714 g/mol. The predicted octanol–water partition coefficient (Wildman–Crippen LogP) is 9.43. The molecule has 47 heavy (non-hydrogen) atoms. The van der Waals surface area contributed by atoms with Gasteiger partial charge in [0.1, 0.15) is 11.5 Å². The number of aryl methyl sites for hydroxylation is 1. The lowest BCUT2D eigenvalue weighted by atomic mass is 9.73. The van der Waals surface area contributed by atoms with Crippen LogP contribution in [0.1, 0.15) is 90.2 Å². The number of hydrogen-bond donors (Lipinski definition) is 1. The van der Waals surface area contributed by atoms with Crippen LogP contribution in [0.4, 0.5) is 11.4 Å². The van der Waals surface area contributed by atoms with Crippen molar-refractivity contribution >= 4 is 75.3 Å². The van der Waals surface area contributed by atoms with Gasteiger partial charge in [-0.15, -0.1) is 0 Å². The number of nitrogens with zero attached hydrogens (tertiary/aromatic N) is 2. The van der Waals surface area contributed by atoms with Crippen LogP contribution in [0.25, 0.3) is 5.57 Å². The number of halogens is 4. The van der Waals surface area contributed by atoms with Crippen LogP contribution < -0.4 is 14.5 Å². The van der Waals surface area contributed by atoms with Crippen molar-refractivity contribution in [3.8, 4) is 11.5 Å². The van der Waals surface area contributed by atoms with E-state index in [0.717, 1.165) is 72.4 Å². The van der Waals surface area contributed by atoms with Crippen molar-refractivity contribution in [2.45, 2.75) is 70.4 Å². The molecule has 244 valence electrons. The highest BCUT2D eigenvalue weighted by molar-refractivity contribution is 6.53. The van der Waals surface area contributed by atoms with Crippen LogP contribution in [-0.4, -0.2) is 42.2 Å². The van der Waals surface area contributed by atoms with Crippen molar-refractivity contribution in [1.82, 2.24) is 0 Å². The molecule has 1 unspecified atom stereocenters. The Kier molecular flexibility index (Phi) is 7.10. The zero-order valence-corrected chi connectivity index (χ0v) is 29.2. The third-order valence-electron chi connectivity index (χ3n) is 10.4. The van der Waals surface area contributed by atoms with Gasteiger partial charge in [0.2, 0.25) is 0 Å². The van der Waals surface area contributed by atoms with E-state index >= 15 is 0 Å². The van der Waals surface area contributed by atoms with Gasteiger partial charge in [0.25, 0.3) is 0 Å². The number of carbonyl (C=O) groups excluding carboxylic acids is 1. The zero-order valence-electron chi connectivity index (χ0n) is 26.2. The largest absolute Gasteiger partial charge is 0.481 e. The number of rotatable bonds is 4. The van der Waals surface area contributed by atoms with Gasteiger partial charge < -0.3 is 24.4 Å². The Hall–Kier alpha value is -3.10. The van der Waals surface area contributed by atoms with E-state index in [9.17, 15) is 14.7 Å². The van der Waals surface area contributed by atoms with E-state index in [0.29, 0.717) is 41.2 Å². The summed E-state index contributed by atoms with van der Waals surface area (Å²) in [5.74, 6) is -0.279. The number of allylic oxidation sites excluding steroid dienone is 1. The third kappa shape index (κ3) is 4.32. The van der Waals surface area contributed by atoms with E-state index < -0.39 is 17.5 Å². The highest BCUT2D eigenvalue weighted by Crippen LogP contribution is 2.64. The van der Waals surface area contributed by atoms with Gasteiger partial charge in [-0.1, -0.05) is 52.5 Å². The standard InChI is InChI=1S/C36H32Cl4N2O5/c1-17-16-35(2,3)42-12-5-8-19-32(42)20(17)14-22-33(19)46-24-15-23-18(7-4-10-41(23)11-6-9-25(43)44)13-21(24)36(22)27-26(34(45)47-36)28(37)30(39)31(40)29(27)38/h13-16H,4-12H2,1-3H3,(H,43,44). The second kappa shape index (κ2) is 10.7. The number of fused-ring (bicyclic) bond motifs is 8. The first-order valence-corrected chi connectivity index (χ1v) is 17.5. The lowest BCUT2D eigenvalue weighted by molar-refractivity contribution is -0.137. The molecule has 0 aromatic heterocycles. The van der Waals surface area contributed by atoms with Gasteiger partial charge in [-0.3, -0.25) is 4.79 Å². The average Bonchev–Trinajstić information content (AvgIpc) is 3.34. The summed E-state index contributed by atoms with van der Waals surface area (Å²) in [4.78, 5) is 29.9. The minimum Gasteiger partial charge on any atom is -0.481 e. The molecule has 3 aromatic carbocycles. The molecule has 0 radical (unpaired) electrons. The van der Waals surface area contributed by atoms with Gasteiger partial charge in [0.15, 0.2) is 5.60 Å². The summed E-state index contributed by atoms with van der Waals surface area (Å²) in [6.07, 6.45) is 6.28. The van der Waals surface area contributed by atoms with Gasteiger partial charge in [0, 0.05) is 65.6 Å². The first-order valence-electron chi connectivity index (χ1n) is 15.9. The van der Waals surface area contributed by atoms with Crippen LogP contribution in [0.5, 0.6) is 11.5 Å². The Morgan fingerprint density at radius 3 is 2.49 bits per heavy atom. The van der Waals surface area contributed by atoms with Crippen molar-refractivity contribution in [3.63, 3.8) is 0 Å². The number of ether oxygens (including phenoxy) is 2. The number of carboxylic acids is 1. The van der Waals surface area contributed by atoms with Crippen LogP contribution in [0.2, 0.25) is 20.1 Å². The van der Waals surface area contributed by atoms with Crippen LogP contribution >= 0.6 is 46.4 Å². The molecule has 1 atom stereocenters. The topological polar surface area (TPSA) is 79.3 Å².